The molecule has 4 rings (SSSR count). The maximum atomic E-state index is 12.7. The van der Waals surface area contributed by atoms with E-state index in [1.807, 2.05) is 24.3 Å². The molecule has 3 heterocycles. The maximum Gasteiger partial charge on any atom is 0.232 e. The highest BCUT2D eigenvalue weighted by Crippen LogP contribution is 2.30. The highest BCUT2D eigenvalue weighted by Gasteiger charge is 2.27. The minimum absolute atomic E-state index is 0.0758. The summed E-state index contributed by atoms with van der Waals surface area (Å²) in [4.78, 5) is 21.5. The summed E-state index contributed by atoms with van der Waals surface area (Å²) in [6.45, 7) is 4.14. The molecule has 2 aliphatic rings. The second-order valence-electron chi connectivity index (χ2n) is 7.30. The van der Waals surface area contributed by atoms with Gasteiger partial charge in [-0.3, -0.25) is 14.0 Å². The zero-order chi connectivity index (χ0) is 19.7. The van der Waals surface area contributed by atoms with Crippen molar-refractivity contribution in [3.63, 3.8) is 0 Å². The Morgan fingerprint density at radius 2 is 1.86 bits per heavy atom. The lowest BCUT2D eigenvalue weighted by Crippen LogP contribution is -2.48. The molecule has 1 aromatic heterocycles. The van der Waals surface area contributed by atoms with Gasteiger partial charge in [-0.25, -0.2) is 13.4 Å². The zero-order valence-electron chi connectivity index (χ0n) is 15.9. The second-order valence-corrected chi connectivity index (χ2v) is 9.21. The normalized spacial score (nSPS) is 17.6. The molecule has 148 valence electrons. The summed E-state index contributed by atoms with van der Waals surface area (Å²) < 4.78 is 25.1. The van der Waals surface area contributed by atoms with Gasteiger partial charge >= 0.3 is 0 Å². The van der Waals surface area contributed by atoms with E-state index in [0.29, 0.717) is 30.8 Å². The molecule has 0 bridgehead atoms. The van der Waals surface area contributed by atoms with Crippen LogP contribution in [-0.2, 0) is 16.4 Å². The average Bonchev–Trinajstić information content (AvgIpc) is 3.13. The number of anilines is 2. The summed E-state index contributed by atoms with van der Waals surface area (Å²) >= 11 is 0. The molecular formula is C20H24N4O3S. The first-order valence-corrected chi connectivity index (χ1v) is 11.3. The van der Waals surface area contributed by atoms with E-state index < -0.39 is 10.0 Å². The van der Waals surface area contributed by atoms with Gasteiger partial charge < -0.3 is 4.90 Å². The molecule has 0 spiro atoms. The van der Waals surface area contributed by atoms with E-state index >= 15 is 0 Å². The fraction of sp³-hybridized carbons (Fsp3) is 0.400. The Balaban J connectivity index is 1.38. The molecule has 7 nitrogen and oxygen atoms in total. The summed E-state index contributed by atoms with van der Waals surface area (Å²) in [6, 6.07) is 11.3. The lowest BCUT2D eigenvalue weighted by atomic mass is 10.0. The van der Waals surface area contributed by atoms with Crippen LogP contribution in [0.3, 0.4) is 0 Å². The number of carbonyl (C=O) groups excluding carboxylic acids is 1. The number of hydrogen-bond acceptors (Lipinski definition) is 6. The highest BCUT2D eigenvalue weighted by molar-refractivity contribution is 7.92. The van der Waals surface area contributed by atoms with Gasteiger partial charge in [-0.05, 0) is 42.3 Å². The van der Waals surface area contributed by atoms with E-state index in [1.165, 1.54) is 10.6 Å². The Bertz CT molecular complexity index is 970. The van der Waals surface area contributed by atoms with Crippen LogP contribution in [-0.4, -0.2) is 69.6 Å². The minimum Gasteiger partial charge on any atom is -0.354 e. The highest BCUT2D eigenvalue weighted by atomic mass is 32.2. The van der Waals surface area contributed by atoms with Crippen molar-refractivity contribution in [2.75, 3.05) is 54.7 Å². The molecule has 8 heteroatoms. The molecule has 1 aromatic carbocycles. The van der Waals surface area contributed by atoms with Crippen molar-refractivity contribution in [1.29, 1.82) is 0 Å². The smallest absolute Gasteiger partial charge is 0.232 e. The summed E-state index contributed by atoms with van der Waals surface area (Å²) in [5.74, 6) is 1.05. The van der Waals surface area contributed by atoms with Crippen LogP contribution in [0.15, 0.2) is 42.6 Å². The number of carbonyl (C=O) groups is 1. The van der Waals surface area contributed by atoms with E-state index in [9.17, 15) is 13.2 Å². The quantitative estimate of drug-likeness (QED) is 0.707. The maximum absolute atomic E-state index is 12.7. The Labute approximate surface area is 165 Å². The van der Waals surface area contributed by atoms with Crippen LogP contribution in [0.4, 0.5) is 11.5 Å². The molecule has 0 amide bonds. The van der Waals surface area contributed by atoms with E-state index in [-0.39, 0.29) is 5.78 Å². The number of piperazine rings is 1. The molecule has 0 radical (unpaired) electrons. The molecule has 1 saturated heterocycles. The number of fused-ring (bicyclic) bond motifs is 1. The molecule has 2 aromatic rings. The van der Waals surface area contributed by atoms with Gasteiger partial charge in [0.1, 0.15) is 5.82 Å². The minimum atomic E-state index is -3.27. The third kappa shape index (κ3) is 3.88. The Morgan fingerprint density at radius 3 is 2.54 bits per heavy atom. The largest absolute Gasteiger partial charge is 0.354 e. The summed E-state index contributed by atoms with van der Waals surface area (Å²) in [6.07, 6.45) is 3.65. The number of hydrogen-bond donors (Lipinski definition) is 0. The Kier molecular flexibility index (Phi) is 5.07. The number of sulfonamides is 1. The van der Waals surface area contributed by atoms with Crippen LogP contribution >= 0.6 is 0 Å². The van der Waals surface area contributed by atoms with Crippen molar-refractivity contribution >= 4 is 27.3 Å². The van der Waals surface area contributed by atoms with Gasteiger partial charge in [0.2, 0.25) is 10.0 Å². The van der Waals surface area contributed by atoms with Gasteiger partial charge in [-0.1, -0.05) is 6.07 Å². The van der Waals surface area contributed by atoms with Crippen LogP contribution < -0.4 is 9.21 Å². The average molecular weight is 401 g/mol. The van der Waals surface area contributed by atoms with Crippen molar-refractivity contribution in [2.45, 2.75) is 6.42 Å². The second kappa shape index (κ2) is 7.52. The van der Waals surface area contributed by atoms with E-state index in [0.717, 1.165) is 37.6 Å². The summed E-state index contributed by atoms with van der Waals surface area (Å²) in [7, 11) is -3.27. The predicted octanol–water partition coefficient (Wildman–Crippen LogP) is 1.41. The topological polar surface area (TPSA) is 73.8 Å². The molecule has 0 saturated carbocycles. The molecule has 2 aliphatic heterocycles. The van der Waals surface area contributed by atoms with Crippen LogP contribution in [0, 0.1) is 0 Å². The van der Waals surface area contributed by atoms with Crippen LogP contribution in [0.25, 0.3) is 0 Å². The molecule has 0 N–H and O–H groups in total. The van der Waals surface area contributed by atoms with Crippen molar-refractivity contribution in [3.05, 3.63) is 53.7 Å². The molecular weight excluding hydrogens is 376 g/mol. The van der Waals surface area contributed by atoms with E-state index in [2.05, 4.69) is 14.8 Å². The third-order valence-corrected chi connectivity index (χ3v) is 6.55. The van der Waals surface area contributed by atoms with Crippen LogP contribution in [0.2, 0.25) is 0 Å². The number of rotatable bonds is 5. The van der Waals surface area contributed by atoms with Crippen molar-refractivity contribution in [3.8, 4) is 0 Å². The standard InChI is InChI=1S/C20H24N4O3S/c1-28(26,27)24-9-7-16-14-17(5-6-18(16)24)19(25)15-22-10-12-23(13-11-22)20-4-2-3-8-21-20/h2-6,8,14H,7,9-13,15H2,1H3. The zero-order valence-corrected chi connectivity index (χ0v) is 16.7. The van der Waals surface area contributed by atoms with Crippen molar-refractivity contribution in [2.24, 2.45) is 0 Å². The third-order valence-electron chi connectivity index (χ3n) is 5.37. The number of Topliss-reactive ketones (excluding diaryl/α,β-unsaturated/α-hetero) is 1. The number of aromatic nitrogens is 1. The number of pyridine rings is 1. The van der Waals surface area contributed by atoms with Gasteiger partial charge in [0, 0.05) is 44.5 Å². The predicted molar refractivity (Wildman–Crippen MR) is 110 cm³/mol. The van der Waals surface area contributed by atoms with Gasteiger partial charge in [-0.2, -0.15) is 0 Å². The Hall–Kier alpha value is -2.45. The summed E-state index contributed by atoms with van der Waals surface area (Å²) in [5.41, 5.74) is 2.28. The molecule has 0 unspecified atom stereocenters. The molecule has 1 fully saturated rings. The van der Waals surface area contributed by atoms with Gasteiger partial charge in [0.05, 0.1) is 18.5 Å². The lowest BCUT2D eigenvalue weighted by molar-refractivity contribution is 0.0926. The van der Waals surface area contributed by atoms with Gasteiger partial charge in [0.15, 0.2) is 5.78 Å². The first kappa shape index (κ1) is 18.9. The van der Waals surface area contributed by atoms with Gasteiger partial charge in [-0.15, -0.1) is 0 Å². The molecule has 28 heavy (non-hydrogen) atoms. The van der Waals surface area contributed by atoms with Crippen molar-refractivity contribution in [1.82, 2.24) is 9.88 Å². The molecule has 0 atom stereocenters. The fourth-order valence-corrected chi connectivity index (χ4v) is 4.82. The lowest BCUT2D eigenvalue weighted by Gasteiger charge is -2.35. The monoisotopic (exact) mass is 400 g/mol. The number of nitrogens with zero attached hydrogens (tertiary/aromatic N) is 4. The first-order valence-electron chi connectivity index (χ1n) is 9.44. The van der Waals surface area contributed by atoms with E-state index in [4.69, 9.17) is 0 Å². The summed E-state index contributed by atoms with van der Waals surface area (Å²) in [5, 5.41) is 0. The van der Waals surface area contributed by atoms with Crippen molar-refractivity contribution < 1.29 is 13.2 Å². The SMILES string of the molecule is CS(=O)(=O)N1CCc2cc(C(=O)CN3CCN(c4ccccn4)CC3)ccc21. The Morgan fingerprint density at radius 1 is 1.07 bits per heavy atom. The van der Waals surface area contributed by atoms with Crippen LogP contribution in [0.5, 0.6) is 0 Å². The van der Waals surface area contributed by atoms with Crippen LogP contribution in [0.1, 0.15) is 15.9 Å². The number of benzene rings is 1. The fourth-order valence-electron chi connectivity index (χ4n) is 3.86. The molecule has 0 aliphatic carbocycles. The van der Waals surface area contributed by atoms with Gasteiger partial charge in [0.25, 0.3) is 0 Å². The first-order chi connectivity index (χ1) is 13.4. The number of ketones is 1. The van der Waals surface area contributed by atoms with E-state index in [1.54, 1.807) is 18.3 Å².